The van der Waals surface area contributed by atoms with Gasteiger partial charge in [-0.15, -0.1) is 0 Å². The van der Waals surface area contributed by atoms with Gasteiger partial charge in [0.15, 0.2) is 0 Å². The minimum absolute atomic E-state index is 0.120. The van der Waals surface area contributed by atoms with Crippen molar-refractivity contribution in [1.82, 2.24) is 4.31 Å². The van der Waals surface area contributed by atoms with Crippen molar-refractivity contribution in [3.8, 4) is 5.75 Å². The van der Waals surface area contributed by atoms with Gasteiger partial charge in [-0.25, -0.2) is 12.7 Å². The van der Waals surface area contributed by atoms with Crippen molar-refractivity contribution in [1.29, 1.82) is 0 Å². The molecule has 0 atom stereocenters. The molecular formula is C14H24N2O3S. The molecule has 114 valence electrons. The fourth-order valence-corrected chi connectivity index (χ4v) is 3.12. The van der Waals surface area contributed by atoms with Crippen molar-refractivity contribution in [3.05, 3.63) is 17.7 Å². The quantitative estimate of drug-likeness (QED) is 0.818. The summed E-state index contributed by atoms with van der Waals surface area (Å²) in [6.07, 6.45) is 0.805. The number of nitrogens with two attached hydrogens (primary N) is 1. The zero-order chi connectivity index (χ0) is 15.5. The second kappa shape index (κ2) is 6.45. The van der Waals surface area contributed by atoms with Crippen molar-refractivity contribution in [2.45, 2.75) is 32.1 Å². The Labute approximate surface area is 121 Å². The second-order valence-corrected chi connectivity index (χ2v) is 7.38. The second-order valence-electron chi connectivity index (χ2n) is 5.37. The minimum Gasteiger partial charge on any atom is -0.495 e. The number of hydrogen-bond donors (Lipinski definition) is 1. The Hall–Kier alpha value is -1.27. The summed E-state index contributed by atoms with van der Waals surface area (Å²) in [7, 11) is -0.555. The Bertz CT molecular complexity index is 568. The molecule has 0 aliphatic rings. The molecule has 0 radical (unpaired) electrons. The summed E-state index contributed by atoms with van der Waals surface area (Å²) in [5.74, 6) is 0.769. The van der Waals surface area contributed by atoms with Gasteiger partial charge in [0.25, 0.3) is 0 Å². The number of sulfonamides is 1. The van der Waals surface area contributed by atoms with E-state index in [0.29, 0.717) is 23.9 Å². The van der Waals surface area contributed by atoms with Crippen LogP contribution in [0.25, 0.3) is 0 Å². The highest BCUT2D eigenvalue weighted by Crippen LogP contribution is 2.30. The molecule has 2 N–H and O–H groups in total. The van der Waals surface area contributed by atoms with E-state index in [9.17, 15) is 8.42 Å². The summed E-state index contributed by atoms with van der Waals surface area (Å²) in [5, 5.41) is 0. The van der Waals surface area contributed by atoms with Crippen LogP contribution in [0.3, 0.4) is 0 Å². The van der Waals surface area contributed by atoms with Crippen LogP contribution >= 0.6 is 0 Å². The van der Waals surface area contributed by atoms with Crippen LogP contribution in [-0.4, -0.2) is 33.4 Å². The molecule has 1 aromatic carbocycles. The van der Waals surface area contributed by atoms with Gasteiger partial charge in [0.1, 0.15) is 10.6 Å². The third kappa shape index (κ3) is 3.64. The van der Waals surface area contributed by atoms with Gasteiger partial charge in [0.2, 0.25) is 10.0 Å². The lowest BCUT2D eigenvalue weighted by atomic mass is 10.1. The predicted molar refractivity (Wildman–Crippen MR) is 81.4 cm³/mol. The molecule has 0 aliphatic carbocycles. The number of benzene rings is 1. The smallest absolute Gasteiger partial charge is 0.246 e. The molecule has 0 heterocycles. The molecule has 1 aromatic rings. The maximum absolute atomic E-state index is 12.6. The van der Waals surface area contributed by atoms with Gasteiger partial charge < -0.3 is 10.5 Å². The Morgan fingerprint density at radius 1 is 1.35 bits per heavy atom. The largest absolute Gasteiger partial charge is 0.495 e. The van der Waals surface area contributed by atoms with Crippen molar-refractivity contribution in [3.63, 3.8) is 0 Å². The first kappa shape index (κ1) is 16.8. The third-order valence-electron chi connectivity index (χ3n) is 3.26. The average Bonchev–Trinajstić information content (AvgIpc) is 2.38. The first-order valence-electron chi connectivity index (χ1n) is 6.60. The molecule has 0 saturated carbocycles. The Morgan fingerprint density at radius 3 is 2.45 bits per heavy atom. The summed E-state index contributed by atoms with van der Waals surface area (Å²) in [6.45, 7) is 6.41. The number of anilines is 1. The standard InChI is InChI=1S/C14H24N2O3S/c1-10(2)6-7-16(4)20(17,18)14-9-12(15)11(3)8-13(14)19-5/h8-10H,6-7,15H2,1-5H3. The van der Waals surface area contributed by atoms with E-state index in [1.165, 1.54) is 17.5 Å². The van der Waals surface area contributed by atoms with E-state index in [0.717, 1.165) is 12.0 Å². The van der Waals surface area contributed by atoms with Gasteiger partial charge in [0.05, 0.1) is 7.11 Å². The van der Waals surface area contributed by atoms with Gasteiger partial charge >= 0.3 is 0 Å². The minimum atomic E-state index is -3.59. The van der Waals surface area contributed by atoms with Crippen LogP contribution in [-0.2, 0) is 10.0 Å². The van der Waals surface area contributed by atoms with Crippen LogP contribution < -0.4 is 10.5 Å². The highest BCUT2D eigenvalue weighted by atomic mass is 32.2. The van der Waals surface area contributed by atoms with Crippen LogP contribution in [0.15, 0.2) is 17.0 Å². The fraction of sp³-hybridized carbons (Fsp3) is 0.571. The van der Waals surface area contributed by atoms with E-state index < -0.39 is 10.0 Å². The molecule has 20 heavy (non-hydrogen) atoms. The topological polar surface area (TPSA) is 72.6 Å². The number of rotatable bonds is 6. The van der Waals surface area contributed by atoms with Crippen LogP contribution in [0.1, 0.15) is 25.8 Å². The summed E-state index contributed by atoms with van der Waals surface area (Å²) >= 11 is 0. The molecule has 5 nitrogen and oxygen atoms in total. The Balaban J connectivity index is 3.18. The molecule has 0 aromatic heterocycles. The van der Waals surface area contributed by atoms with Gasteiger partial charge in [-0.3, -0.25) is 0 Å². The Morgan fingerprint density at radius 2 is 1.95 bits per heavy atom. The van der Waals surface area contributed by atoms with Crippen molar-refractivity contribution < 1.29 is 13.2 Å². The molecule has 0 spiro atoms. The number of nitrogens with zero attached hydrogens (tertiary/aromatic N) is 1. The van der Waals surface area contributed by atoms with Crippen molar-refractivity contribution >= 4 is 15.7 Å². The molecule has 0 saturated heterocycles. The molecule has 0 amide bonds. The zero-order valence-electron chi connectivity index (χ0n) is 12.8. The molecule has 0 unspecified atom stereocenters. The Kier molecular flexibility index (Phi) is 5.42. The number of aryl methyl sites for hydroxylation is 1. The first-order valence-corrected chi connectivity index (χ1v) is 8.04. The lowest BCUT2D eigenvalue weighted by molar-refractivity contribution is 0.394. The highest BCUT2D eigenvalue weighted by molar-refractivity contribution is 7.89. The predicted octanol–water partition coefficient (Wildman–Crippen LogP) is 2.25. The maximum Gasteiger partial charge on any atom is 0.246 e. The summed E-state index contributed by atoms with van der Waals surface area (Å²) in [4.78, 5) is 0.120. The third-order valence-corrected chi connectivity index (χ3v) is 5.14. The fourth-order valence-electron chi connectivity index (χ4n) is 1.77. The first-order chi connectivity index (χ1) is 9.20. The van der Waals surface area contributed by atoms with E-state index in [1.807, 2.05) is 6.92 Å². The number of methoxy groups -OCH3 is 1. The molecule has 0 bridgehead atoms. The van der Waals surface area contributed by atoms with E-state index in [2.05, 4.69) is 13.8 Å². The SMILES string of the molecule is COc1cc(C)c(N)cc1S(=O)(=O)N(C)CCC(C)C. The molecule has 6 heteroatoms. The van der Waals surface area contributed by atoms with Crippen molar-refractivity contribution in [2.24, 2.45) is 5.92 Å². The number of hydrogen-bond acceptors (Lipinski definition) is 4. The van der Waals surface area contributed by atoms with Gasteiger partial charge in [0, 0.05) is 19.3 Å². The van der Waals surface area contributed by atoms with Crippen LogP contribution in [0.2, 0.25) is 0 Å². The van der Waals surface area contributed by atoms with Crippen LogP contribution in [0.5, 0.6) is 5.75 Å². The number of ether oxygens (including phenoxy) is 1. The average molecular weight is 300 g/mol. The van der Waals surface area contributed by atoms with Crippen molar-refractivity contribution in [2.75, 3.05) is 26.4 Å². The monoisotopic (exact) mass is 300 g/mol. The van der Waals surface area contributed by atoms with E-state index in [1.54, 1.807) is 13.1 Å². The van der Waals surface area contributed by atoms with Gasteiger partial charge in [-0.1, -0.05) is 13.8 Å². The molecule has 0 fully saturated rings. The molecular weight excluding hydrogens is 276 g/mol. The lowest BCUT2D eigenvalue weighted by Crippen LogP contribution is -2.29. The summed E-state index contributed by atoms with van der Waals surface area (Å²) < 4.78 is 31.7. The lowest BCUT2D eigenvalue weighted by Gasteiger charge is -2.20. The van der Waals surface area contributed by atoms with E-state index >= 15 is 0 Å². The van der Waals surface area contributed by atoms with E-state index in [4.69, 9.17) is 10.5 Å². The van der Waals surface area contributed by atoms with Crippen LogP contribution in [0.4, 0.5) is 5.69 Å². The number of nitrogen functional groups attached to an aromatic ring is 1. The zero-order valence-corrected chi connectivity index (χ0v) is 13.6. The highest BCUT2D eigenvalue weighted by Gasteiger charge is 2.25. The summed E-state index contributed by atoms with van der Waals surface area (Å²) in [5.41, 5.74) is 7.07. The molecule has 0 aliphatic heterocycles. The summed E-state index contributed by atoms with van der Waals surface area (Å²) in [6, 6.07) is 3.12. The van der Waals surface area contributed by atoms with E-state index in [-0.39, 0.29) is 4.90 Å². The normalized spacial score (nSPS) is 12.2. The van der Waals surface area contributed by atoms with Gasteiger partial charge in [-0.2, -0.15) is 0 Å². The van der Waals surface area contributed by atoms with Crippen LogP contribution in [0, 0.1) is 12.8 Å². The van der Waals surface area contributed by atoms with Gasteiger partial charge in [-0.05, 0) is 37.0 Å². The molecule has 1 rings (SSSR count). The maximum atomic E-state index is 12.6.